The maximum absolute atomic E-state index is 3.04. The lowest BCUT2D eigenvalue weighted by Crippen LogP contribution is -2.75. The van der Waals surface area contributed by atoms with Crippen LogP contribution in [-0.2, 0) is 0 Å². The van der Waals surface area contributed by atoms with Gasteiger partial charge in [-0.3, -0.25) is 0 Å². The molecule has 0 atom stereocenters. The zero-order valence-electron chi connectivity index (χ0n) is 38.3. The molecule has 0 radical (unpaired) electrons. The van der Waals surface area contributed by atoms with Crippen molar-refractivity contribution in [3.8, 4) is 28.2 Å². The van der Waals surface area contributed by atoms with E-state index >= 15 is 0 Å². The summed E-state index contributed by atoms with van der Waals surface area (Å²) in [6, 6.07) is 102. The van der Waals surface area contributed by atoms with Crippen molar-refractivity contribution in [3.05, 3.63) is 273 Å². The summed E-state index contributed by atoms with van der Waals surface area (Å²) in [6.45, 7) is 0. The fourth-order valence-electron chi connectivity index (χ4n) is 11.8. The highest BCUT2D eigenvalue weighted by Gasteiger charge is 2.43. The van der Waals surface area contributed by atoms with Crippen LogP contribution in [0.4, 0.5) is 0 Å². The Hall–Kier alpha value is -8.96. The van der Waals surface area contributed by atoms with Crippen LogP contribution < -0.4 is 20.7 Å². The largest absolute Gasteiger partial charge is 0.309 e. The predicted octanol–water partition coefficient (Wildman–Crippen LogP) is 14.0. The minimum Gasteiger partial charge on any atom is -0.309 e. The second-order valence-electron chi connectivity index (χ2n) is 18.4. The van der Waals surface area contributed by atoms with Crippen molar-refractivity contribution in [1.29, 1.82) is 0 Å². The van der Waals surface area contributed by atoms with Gasteiger partial charge >= 0.3 is 0 Å². The molecule has 4 heteroatoms. The Morgan fingerprint density at radius 3 is 1.19 bits per heavy atom. The monoisotopic (exact) mass is 907 g/mol. The normalized spacial score (nSPS) is 12.0. The summed E-state index contributed by atoms with van der Waals surface area (Å²) in [5.74, 6) is 0. The molecule has 14 rings (SSSR count). The molecule has 0 amide bonds. The molecule has 14 aromatic rings. The number of hydrogen-bond acceptors (Lipinski definition) is 0. The first-order valence-electron chi connectivity index (χ1n) is 24.2. The van der Waals surface area contributed by atoms with E-state index in [4.69, 9.17) is 0 Å². The van der Waals surface area contributed by atoms with Gasteiger partial charge in [-0.05, 0) is 92.5 Å². The molecule has 0 fully saturated rings. The maximum atomic E-state index is 2.59. The zero-order chi connectivity index (χ0) is 46.2. The molecule has 3 heterocycles. The van der Waals surface area contributed by atoms with Gasteiger partial charge in [0.05, 0.1) is 33.1 Å². The molecule has 0 bridgehead atoms. The highest BCUT2D eigenvalue weighted by molar-refractivity contribution is 7.20. The van der Waals surface area contributed by atoms with Crippen molar-refractivity contribution in [2.45, 2.75) is 0 Å². The van der Waals surface area contributed by atoms with Gasteiger partial charge in [-0.15, -0.1) is 0 Å². The molecule has 0 N–H and O–H groups in total. The Balaban J connectivity index is 1.10. The second kappa shape index (κ2) is 16.1. The fraction of sp³-hybridized carbons (Fsp3) is 0. The number of nitrogens with zero attached hydrogens (tertiary/aromatic N) is 3. The first-order chi connectivity index (χ1) is 34.8. The van der Waals surface area contributed by atoms with Crippen molar-refractivity contribution in [2.24, 2.45) is 0 Å². The van der Waals surface area contributed by atoms with E-state index in [0.29, 0.717) is 0 Å². The van der Waals surface area contributed by atoms with Crippen LogP contribution in [0.25, 0.3) is 93.6 Å². The summed E-state index contributed by atoms with van der Waals surface area (Å²) in [6.07, 6.45) is 0. The third-order valence-electron chi connectivity index (χ3n) is 14.8. The molecule has 11 aromatic carbocycles. The van der Waals surface area contributed by atoms with Crippen LogP contribution in [0.15, 0.2) is 273 Å². The molecule has 0 unspecified atom stereocenters. The number of aromatic nitrogens is 3. The summed E-state index contributed by atoms with van der Waals surface area (Å²) in [7, 11) is -3.04. The molecular weight excluding hydrogens is 863 g/mol. The molecule has 0 aliphatic heterocycles. The van der Waals surface area contributed by atoms with E-state index in [9.17, 15) is 0 Å². The number of fused-ring (bicyclic) bond motifs is 9. The Labute approximate surface area is 407 Å². The smallest absolute Gasteiger partial charge is 0.181 e. The van der Waals surface area contributed by atoms with E-state index in [1.807, 2.05) is 0 Å². The maximum Gasteiger partial charge on any atom is 0.181 e. The second-order valence-corrected chi connectivity index (χ2v) is 22.2. The SMILES string of the molecule is c1ccc(-c2ccc(-n3c4ccccc4c4ccc(-n5c6ccc(-n7c8ccccc8c8ccccc87)cc6c6cccc([Si](c7ccccc7)(c7ccccc7)c7ccccc7)c65)cc43)cc2)cc1. The molecule has 0 spiro atoms. The molecular formula is C66H45N3Si. The van der Waals surface area contributed by atoms with Gasteiger partial charge < -0.3 is 13.7 Å². The van der Waals surface area contributed by atoms with E-state index in [1.54, 1.807) is 0 Å². The van der Waals surface area contributed by atoms with Gasteiger partial charge in [0.15, 0.2) is 8.07 Å². The molecule has 0 saturated heterocycles. The van der Waals surface area contributed by atoms with Crippen LogP contribution in [0.2, 0.25) is 0 Å². The highest BCUT2D eigenvalue weighted by Crippen LogP contribution is 2.40. The van der Waals surface area contributed by atoms with E-state index < -0.39 is 8.07 Å². The van der Waals surface area contributed by atoms with Crippen molar-refractivity contribution in [1.82, 2.24) is 13.7 Å². The van der Waals surface area contributed by atoms with Crippen LogP contribution in [0.5, 0.6) is 0 Å². The number of benzene rings is 11. The third kappa shape index (κ3) is 6.00. The van der Waals surface area contributed by atoms with Crippen LogP contribution in [-0.4, -0.2) is 21.8 Å². The van der Waals surface area contributed by atoms with Crippen LogP contribution in [0, 0.1) is 0 Å². The minimum atomic E-state index is -3.04. The van der Waals surface area contributed by atoms with Crippen molar-refractivity contribution < 1.29 is 0 Å². The average Bonchev–Trinajstić information content (AvgIpc) is 4.08. The third-order valence-corrected chi connectivity index (χ3v) is 19.6. The number of hydrogen-bond donors (Lipinski definition) is 0. The predicted molar refractivity (Wildman–Crippen MR) is 299 cm³/mol. The molecule has 70 heavy (non-hydrogen) atoms. The quantitative estimate of drug-likeness (QED) is 0.107. The molecule has 0 aliphatic carbocycles. The molecule has 3 aromatic heterocycles. The van der Waals surface area contributed by atoms with Crippen LogP contribution >= 0.6 is 0 Å². The number of para-hydroxylation sites is 4. The van der Waals surface area contributed by atoms with Crippen molar-refractivity contribution >= 4 is 94.2 Å². The summed E-state index contributed by atoms with van der Waals surface area (Å²) in [5, 5.41) is 12.8. The molecule has 0 aliphatic rings. The van der Waals surface area contributed by atoms with E-state index in [1.165, 1.54) is 97.3 Å². The lowest BCUT2D eigenvalue weighted by Gasteiger charge is -2.35. The first-order valence-corrected chi connectivity index (χ1v) is 26.2. The topological polar surface area (TPSA) is 14.8 Å². The standard InChI is InChI=1S/C66H45N3Si/c1-5-20-46(21-6-1)47-36-38-48(39-37-47)67-60-32-16-15-30-56(60)57-42-40-50(45-64(57)67)69-63-43-41-49(68-61-33-17-13-28-54(61)55-29-14-18-34-62(55)68)44-59(63)58-31-19-35-65(66(58)69)70(51-22-7-2-8-23-51,52-24-9-3-10-25-52)53-26-11-4-12-27-53/h1-45H. The zero-order valence-corrected chi connectivity index (χ0v) is 39.3. The Kier molecular flexibility index (Phi) is 9.23. The van der Waals surface area contributed by atoms with Gasteiger partial charge in [0.25, 0.3) is 0 Å². The van der Waals surface area contributed by atoms with E-state index in [2.05, 4.69) is 287 Å². The molecule has 328 valence electrons. The summed E-state index contributed by atoms with van der Waals surface area (Å²) in [5.41, 5.74) is 12.9. The first kappa shape index (κ1) is 40.1. The lowest BCUT2D eigenvalue weighted by atomic mass is 10.1. The Morgan fingerprint density at radius 1 is 0.229 bits per heavy atom. The summed E-state index contributed by atoms with van der Waals surface area (Å²) in [4.78, 5) is 0. The molecule has 0 saturated carbocycles. The minimum absolute atomic E-state index is 1.12. The average molecular weight is 908 g/mol. The van der Waals surface area contributed by atoms with Gasteiger partial charge in [-0.25, -0.2) is 0 Å². The van der Waals surface area contributed by atoms with Gasteiger partial charge in [-0.2, -0.15) is 0 Å². The summed E-state index contributed by atoms with van der Waals surface area (Å²) >= 11 is 0. The Bertz CT molecular complexity index is 4110. The highest BCUT2D eigenvalue weighted by atomic mass is 28.3. The van der Waals surface area contributed by atoms with Gasteiger partial charge in [-0.1, -0.05) is 212 Å². The van der Waals surface area contributed by atoms with Crippen LogP contribution in [0.3, 0.4) is 0 Å². The van der Waals surface area contributed by atoms with Crippen molar-refractivity contribution in [2.75, 3.05) is 0 Å². The van der Waals surface area contributed by atoms with Gasteiger partial charge in [0.2, 0.25) is 0 Å². The van der Waals surface area contributed by atoms with Gasteiger partial charge in [0.1, 0.15) is 0 Å². The number of rotatable bonds is 8. The van der Waals surface area contributed by atoms with Crippen molar-refractivity contribution in [3.63, 3.8) is 0 Å². The van der Waals surface area contributed by atoms with Gasteiger partial charge in [0, 0.05) is 49.4 Å². The summed E-state index contributed by atoms with van der Waals surface area (Å²) < 4.78 is 7.49. The Morgan fingerprint density at radius 2 is 0.629 bits per heavy atom. The lowest BCUT2D eigenvalue weighted by molar-refractivity contribution is 1.15. The van der Waals surface area contributed by atoms with E-state index in [0.717, 1.165) is 17.1 Å². The van der Waals surface area contributed by atoms with E-state index in [-0.39, 0.29) is 0 Å². The fourth-order valence-corrected chi connectivity index (χ4v) is 16.8. The molecule has 3 nitrogen and oxygen atoms in total. The van der Waals surface area contributed by atoms with Crippen LogP contribution in [0.1, 0.15) is 0 Å².